The van der Waals surface area contributed by atoms with Crippen molar-refractivity contribution in [3.8, 4) is 6.07 Å². The summed E-state index contributed by atoms with van der Waals surface area (Å²) in [6.07, 6.45) is -3.59. The van der Waals surface area contributed by atoms with Crippen LogP contribution in [0.15, 0.2) is 36.4 Å². The molecule has 2 saturated heterocycles. The number of benzene rings is 2. The summed E-state index contributed by atoms with van der Waals surface area (Å²) in [6.45, 7) is 1.21. The van der Waals surface area contributed by atoms with Crippen molar-refractivity contribution in [3.05, 3.63) is 64.7 Å². The number of hydrogen-bond acceptors (Lipinski definition) is 4. The van der Waals surface area contributed by atoms with Crippen molar-refractivity contribution in [2.45, 2.75) is 19.0 Å². The highest BCUT2D eigenvalue weighted by Gasteiger charge is 2.49. The minimum absolute atomic E-state index is 0.0161. The average Bonchev–Trinajstić information content (AvgIpc) is 3.17. The number of piperidine rings is 1. The van der Waals surface area contributed by atoms with Crippen molar-refractivity contribution in [1.29, 1.82) is 5.26 Å². The largest absolute Gasteiger partial charge is 0.417 e. The third kappa shape index (κ3) is 4.32. The second-order valence-corrected chi connectivity index (χ2v) is 8.88. The summed E-state index contributed by atoms with van der Waals surface area (Å²) in [6, 6.07) is 8.16. The number of likely N-dealkylation sites (tertiary alicyclic amines) is 1. The Labute approximate surface area is 193 Å². The summed E-state index contributed by atoms with van der Waals surface area (Å²) in [5.41, 5.74) is -1.48. The van der Waals surface area contributed by atoms with Crippen LogP contribution < -0.4 is 4.90 Å². The number of anilines is 1. The molecule has 2 fully saturated rings. The fourth-order valence-corrected chi connectivity index (χ4v) is 5.09. The molecule has 2 aromatic carbocycles. The lowest BCUT2D eigenvalue weighted by atomic mass is 9.71. The number of alkyl halides is 3. The molecule has 10 heteroatoms. The molecule has 4 rings (SSSR count). The minimum Gasteiger partial charge on any atom is -0.396 e. The van der Waals surface area contributed by atoms with Crippen LogP contribution in [-0.4, -0.2) is 48.7 Å². The summed E-state index contributed by atoms with van der Waals surface area (Å²) < 4.78 is 66.9. The summed E-state index contributed by atoms with van der Waals surface area (Å²) in [5, 5.41) is 19.0. The third-order valence-electron chi connectivity index (χ3n) is 7.04. The van der Waals surface area contributed by atoms with Gasteiger partial charge in [0.1, 0.15) is 0 Å². The number of carbonyl (C=O) groups excluding carboxylic acids is 1. The monoisotopic (exact) mass is 479 g/mol. The second kappa shape index (κ2) is 8.87. The molecule has 0 bridgehead atoms. The van der Waals surface area contributed by atoms with Gasteiger partial charge in [0, 0.05) is 50.0 Å². The van der Waals surface area contributed by atoms with E-state index in [0.717, 1.165) is 24.3 Å². The smallest absolute Gasteiger partial charge is 0.396 e. The first-order chi connectivity index (χ1) is 16.1. The van der Waals surface area contributed by atoms with Gasteiger partial charge in [-0.15, -0.1) is 0 Å². The predicted molar refractivity (Wildman–Crippen MR) is 113 cm³/mol. The molecular formula is C24H22F5N3O2. The van der Waals surface area contributed by atoms with Crippen LogP contribution in [0.3, 0.4) is 0 Å². The summed E-state index contributed by atoms with van der Waals surface area (Å²) in [5.74, 6) is -2.87. The molecule has 0 radical (unpaired) electrons. The third-order valence-corrected chi connectivity index (χ3v) is 7.04. The van der Waals surface area contributed by atoms with Gasteiger partial charge in [0.2, 0.25) is 0 Å². The number of carbonyl (C=O) groups is 1. The molecule has 0 aliphatic carbocycles. The van der Waals surface area contributed by atoms with E-state index < -0.39 is 40.3 Å². The van der Waals surface area contributed by atoms with E-state index in [9.17, 15) is 31.9 Å². The zero-order chi connectivity index (χ0) is 24.7. The standard InChI is InChI=1S/C24H22F5N3O2/c25-20-4-2-15(9-21(20)26)22(34)32-12-17(13-33)23(14-32)5-7-31(8-6-23)18-3-1-16(11-30)19(10-18)24(27,28)29/h1-4,9-10,17,33H,5-8,12-14H2. The minimum atomic E-state index is -4.65. The molecule has 180 valence electrons. The average molecular weight is 479 g/mol. The Hall–Kier alpha value is -3.19. The number of hydrogen-bond donors (Lipinski definition) is 1. The number of nitrogens with zero attached hydrogens (tertiary/aromatic N) is 3. The van der Waals surface area contributed by atoms with Crippen molar-refractivity contribution in [2.24, 2.45) is 11.3 Å². The maximum absolute atomic E-state index is 13.6. The molecule has 1 atom stereocenters. The maximum Gasteiger partial charge on any atom is 0.417 e. The summed E-state index contributed by atoms with van der Waals surface area (Å²) in [7, 11) is 0. The first-order valence-electron chi connectivity index (χ1n) is 10.8. The molecule has 1 N–H and O–H groups in total. The molecule has 2 aliphatic heterocycles. The Morgan fingerprint density at radius 2 is 1.82 bits per heavy atom. The van der Waals surface area contributed by atoms with E-state index in [1.807, 2.05) is 0 Å². The summed E-state index contributed by atoms with van der Waals surface area (Å²) in [4.78, 5) is 16.2. The van der Waals surface area contributed by atoms with Crippen LogP contribution in [0.1, 0.15) is 34.3 Å². The normalized spacial score (nSPS) is 20.0. The lowest BCUT2D eigenvalue weighted by Crippen LogP contribution is -2.45. The molecule has 5 nitrogen and oxygen atoms in total. The molecule has 0 aromatic heterocycles. The zero-order valence-electron chi connectivity index (χ0n) is 18.1. The van der Waals surface area contributed by atoms with Crippen molar-refractivity contribution in [3.63, 3.8) is 0 Å². The molecule has 0 saturated carbocycles. The highest BCUT2D eigenvalue weighted by atomic mass is 19.4. The Morgan fingerprint density at radius 1 is 1.12 bits per heavy atom. The SMILES string of the molecule is N#Cc1ccc(N2CCC3(CC2)CN(C(=O)c2ccc(F)c(F)c2)CC3CO)cc1C(F)(F)F. The fraction of sp³-hybridized carbons (Fsp3) is 0.417. The van der Waals surface area contributed by atoms with Crippen molar-refractivity contribution in [1.82, 2.24) is 4.90 Å². The Kier molecular flexibility index (Phi) is 6.25. The van der Waals surface area contributed by atoms with Crippen LogP contribution in [0.2, 0.25) is 0 Å². The van der Waals surface area contributed by atoms with Gasteiger partial charge < -0.3 is 14.9 Å². The van der Waals surface area contributed by atoms with E-state index >= 15 is 0 Å². The van der Waals surface area contributed by atoms with Crippen LogP contribution in [0, 0.1) is 34.3 Å². The van der Waals surface area contributed by atoms with Crippen molar-refractivity contribution in [2.75, 3.05) is 37.7 Å². The molecular weight excluding hydrogens is 457 g/mol. The molecule has 34 heavy (non-hydrogen) atoms. The lowest BCUT2D eigenvalue weighted by molar-refractivity contribution is -0.137. The van der Waals surface area contributed by atoms with Crippen LogP contribution in [0.5, 0.6) is 0 Å². The first-order valence-corrected chi connectivity index (χ1v) is 10.8. The highest BCUT2D eigenvalue weighted by molar-refractivity contribution is 5.94. The van der Waals surface area contributed by atoms with Gasteiger partial charge in [0.05, 0.1) is 17.2 Å². The number of aliphatic hydroxyl groups excluding tert-OH is 1. The first kappa shape index (κ1) is 24.0. The zero-order valence-corrected chi connectivity index (χ0v) is 18.1. The van der Waals surface area contributed by atoms with Gasteiger partial charge in [-0.2, -0.15) is 18.4 Å². The van der Waals surface area contributed by atoms with E-state index in [2.05, 4.69) is 0 Å². The van der Waals surface area contributed by atoms with Crippen molar-refractivity contribution < 1.29 is 31.9 Å². The Morgan fingerprint density at radius 3 is 2.41 bits per heavy atom. The number of amides is 1. The van der Waals surface area contributed by atoms with Gasteiger partial charge in [0.15, 0.2) is 11.6 Å². The van der Waals surface area contributed by atoms with Gasteiger partial charge in [0.25, 0.3) is 5.91 Å². The van der Waals surface area contributed by atoms with Crippen molar-refractivity contribution >= 4 is 11.6 Å². The second-order valence-electron chi connectivity index (χ2n) is 8.88. The highest BCUT2D eigenvalue weighted by Crippen LogP contribution is 2.46. The van der Waals surface area contributed by atoms with Crippen LogP contribution in [0.25, 0.3) is 0 Å². The van der Waals surface area contributed by atoms with Gasteiger partial charge in [-0.25, -0.2) is 8.78 Å². The summed E-state index contributed by atoms with van der Waals surface area (Å²) >= 11 is 0. The molecule has 2 aliphatic rings. The number of aliphatic hydroxyl groups is 1. The predicted octanol–water partition coefficient (Wildman–Crippen LogP) is 4.21. The fourth-order valence-electron chi connectivity index (χ4n) is 5.09. The van der Waals surface area contributed by atoms with E-state index in [0.29, 0.717) is 38.2 Å². The quantitative estimate of drug-likeness (QED) is 0.670. The van der Waals surface area contributed by atoms with E-state index in [1.54, 1.807) is 11.0 Å². The van der Waals surface area contributed by atoms with E-state index in [1.165, 1.54) is 17.0 Å². The van der Waals surface area contributed by atoms with Crippen LogP contribution in [0.4, 0.5) is 27.6 Å². The molecule has 2 aromatic rings. The molecule has 1 spiro atoms. The van der Waals surface area contributed by atoms with E-state index in [4.69, 9.17) is 5.26 Å². The maximum atomic E-state index is 13.6. The van der Waals surface area contributed by atoms with Gasteiger partial charge >= 0.3 is 6.18 Å². The van der Waals surface area contributed by atoms with Gasteiger partial charge in [-0.1, -0.05) is 0 Å². The molecule has 2 heterocycles. The number of halogens is 5. The Balaban J connectivity index is 1.50. The van der Waals surface area contributed by atoms with Crippen LogP contribution >= 0.6 is 0 Å². The number of nitriles is 1. The number of rotatable bonds is 3. The lowest BCUT2D eigenvalue weighted by Gasteiger charge is -2.43. The molecule has 1 unspecified atom stereocenters. The van der Waals surface area contributed by atoms with Gasteiger partial charge in [-0.3, -0.25) is 4.79 Å². The van der Waals surface area contributed by atoms with Crippen LogP contribution in [-0.2, 0) is 6.18 Å². The topological polar surface area (TPSA) is 67.6 Å². The van der Waals surface area contributed by atoms with E-state index in [-0.39, 0.29) is 24.6 Å². The Bertz CT molecular complexity index is 1140. The molecule has 1 amide bonds. The van der Waals surface area contributed by atoms with Gasteiger partial charge in [-0.05, 0) is 54.7 Å².